The fourth-order valence-electron chi connectivity index (χ4n) is 1.55. The molecule has 0 spiro atoms. The third kappa shape index (κ3) is 2.90. The van der Waals surface area contributed by atoms with Gasteiger partial charge in [-0.15, -0.1) is 5.10 Å². The van der Waals surface area contributed by atoms with E-state index in [1.54, 1.807) is 0 Å². The Morgan fingerprint density at radius 3 is 2.62 bits per heavy atom. The first kappa shape index (κ1) is 14.7. The molecule has 2 aromatic rings. The monoisotopic (exact) mass is 314 g/mol. The van der Waals surface area contributed by atoms with Crippen molar-refractivity contribution in [2.45, 2.75) is 11.8 Å². The van der Waals surface area contributed by atoms with E-state index in [1.807, 2.05) is 4.72 Å². The van der Waals surface area contributed by atoms with Crippen molar-refractivity contribution in [2.75, 3.05) is 10.1 Å². The molecule has 0 aliphatic heterocycles. The van der Waals surface area contributed by atoms with E-state index in [2.05, 4.69) is 15.6 Å². The Bertz CT molecular complexity index is 786. The number of benzene rings is 1. The van der Waals surface area contributed by atoms with Crippen LogP contribution in [0.1, 0.15) is 5.89 Å². The maximum absolute atomic E-state index is 12.2. The smallest absolute Gasteiger partial charge is 0.329 e. The van der Waals surface area contributed by atoms with Crippen LogP contribution < -0.4 is 16.0 Å². The Morgan fingerprint density at radius 1 is 1.38 bits per heavy atom. The second-order valence-corrected chi connectivity index (χ2v) is 5.44. The number of nitrogens with two attached hydrogens (primary N) is 1. The molecule has 1 aromatic heterocycles. The summed E-state index contributed by atoms with van der Waals surface area (Å²) in [5.41, 5.74) is 1.23. The molecule has 4 N–H and O–H groups in total. The summed E-state index contributed by atoms with van der Waals surface area (Å²) in [5, 5.41) is 18.0. The van der Waals surface area contributed by atoms with Crippen LogP contribution in [0.5, 0.6) is 0 Å². The summed E-state index contributed by atoms with van der Waals surface area (Å²) in [7, 11) is -4.29. The summed E-state index contributed by atoms with van der Waals surface area (Å²) in [6.07, 6.45) is 0. The van der Waals surface area contributed by atoms with Gasteiger partial charge >= 0.3 is 11.7 Å². The first-order chi connectivity index (χ1) is 9.85. The van der Waals surface area contributed by atoms with Crippen molar-refractivity contribution in [3.8, 4) is 0 Å². The highest BCUT2D eigenvalue weighted by Gasteiger charge is 2.30. The Kier molecular flexibility index (Phi) is 3.73. The molecule has 0 bridgehead atoms. The van der Waals surface area contributed by atoms with E-state index >= 15 is 0 Å². The van der Waals surface area contributed by atoms with Gasteiger partial charge in [-0.1, -0.05) is 11.2 Å². The zero-order valence-electron chi connectivity index (χ0n) is 10.6. The van der Waals surface area contributed by atoms with Gasteiger partial charge in [0.1, 0.15) is 5.69 Å². The van der Waals surface area contributed by atoms with Gasteiger partial charge in [0.2, 0.25) is 5.89 Å². The van der Waals surface area contributed by atoms with E-state index in [4.69, 9.17) is 10.3 Å². The lowest BCUT2D eigenvalue weighted by Crippen LogP contribution is -2.17. The number of nitrogens with one attached hydrogen (secondary N) is 2. The number of hydrazine groups is 1. The summed E-state index contributed by atoms with van der Waals surface area (Å²) < 4.78 is 31.2. The standard InChI is InChI=1S/C9H10N6O5S/c1-5-12-13-9(20-5)14-21(18,19)7-4-2-3-6(11-10)8(7)15(16)17/h2-4,11H,10H2,1H3,(H,13,14). The molecule has 0 radical (unpaired) electrons. The van der Waals surface area contributed by atoms with Crippen molar-refractivity contribution in [1.82, 2.24) is 10.2 Å². The van der Waals surface area contributed by atoms with Crippen molar-refractivity contribution < 1.29 is 17.8 Å². The number of nitro benzene ring substituents is 1. The third-order valence-corrected chi connectivity index (χ3v) is 3.73. The predicted molar refractivity (Wildman–Crippen MR) is 70.8 cm³/mol. The summed E-state index contributed by atoms with van der Waals surface area (Å²) in [6.45, 7) is 1.46. The van der Waals surface area contributed by atoms with E-state index in [0.29, 0.717) is 0 Å². The largest absolute Gasteiger partial charge is 0.408 e. The van der Waals surface area contributed by atoms with E-state index < -0.39 is 31.5 Å². The summed E-state index contributed by atoms with van der Waals surface area (Å²) in [6, 6.07) is 3.24. The molecule has 12 heteroatoms. The molecule has 0 saturated carbocycles. The number of nitrogens with zero attached hydrogens (tertiary/aromatic N) is 3. The lowest BCUT2D eigenvalue weighted by atomic mass is 10.3. The second-order valence-electron chi connectivity index (χ2n) is 3.79. The van der Waals surface area contributed by atoms with Crippen LogP contribution in [0.2, 0.25) is 0 Å². The minimum Gasteiger partial charge on any atom is -0.408 e. The van der Waals surface area contributed by atoms with Gasteiger partial charge in [0.25, 0.3) is 10.0 Å². The molecule has 1 aromatic carbocycles. The molecule has 0 fully saturated rings. The van der Waals surface area contributed by atoms with Crippen molar-refractivity contribution in [2.24, 2.45) is 5.84 Å². The molecule has 11 nitrogen and oxygen atoms in total. The zero-order chi connectivity index (χ0) is 15.6. The van der Waals surface area contributed by atoms with E-state index in [0.717, 1.165) is 6.07 Å². The highest BCUT2D eigenvalue weighted by Crippen LogP contribution is 2.32. The molecule has 21 heavy (non-hydrogen) atoms. The molecule has 0 saturated heterocycles. The van der Waals surface area contributed by atoms with Gasteiger partial charge in [0, 0.05) is 6.92 Å². The van der Waals surface area contributed by atoms with Crippen molar-refractivity contribution in [1.29, 1.82) is 0 Å². The molecule has 2 rings (SSSR count). The summed E-state index contributed by atoms with van der Waals surface area (Å²) in [5.74, 6) is 5.28. The number of nitro groups is 1. The van der Waals surface area contributed by atoms with E-state index in [1.165, 1.54) is 19.1 Å². The third-order valence-electron chi connectivity index (χ3n) is 2.37. The number of anilines is 2. The number of aryl methyl sites for hydroxylation is 1. The number of hydrogen-bond acceptors (Lipinski definition) is 9. The number of rotatable bonds is 5. The van der Waals surface area contributed by atoms with Crippen LogP contribution in [0.15, 0.2) is 27.5 Å². The van der Waals surface area contributed by atoms with Gasteiger partial charge in [0.05, 0.1) is 4.92 Å². The Morgan fingerprint density at radius 2 is 2.10 bits per heavy atom. The Balaban J connectivity index is 2.52. The quantitative estimate of drug-likeness (QED) is 0.401. The average molecular weight is 314 g/mol. The van der Waals surface area contributed by atoms with Gasteiger partial charge in [0.15, 0.2) is 4.90 Å². The number of aromatic nitrogens is 2. The maximum Gasteiger partial charge on any atom is 0.329 e. The lowest BCUT2D eigenvalue weighted by Gasteiger charge is -2.08. The zero-order valence-corrected chi connectivity index (χ0v) is 11.4. The molecular formula is C9H10N6O5S. The highest BCUT2D eigenvalue weighted by molar-refractivity contribution is 7.92. The number of nitrogen functional groups attached to an aromatic ring is 1. The second kappa shape index (κ2) is 5.34. The molecule has 0 aliphatic rings. The fourth-order valence-corrected chi connectivity index (χ4v) is 2.67. The predicted octanol–water partition coefficient (Wildman–Crippen LogP) is 0.373. The highest BCUT2D eigenvalue weighted by atomic mass is 32.2. The average Bonchev–Trinajstić information content (AvgIpc) is 2.82. The normalized spacial score (nSPS) is 11.1. The van der Waals surface area contributed by atoms with Crippen LogP contribution in [0.25, 0.3) is 0 Å². The maximum atomic E-state index is 12.2. The van der Waals surface area contributed by atoms with Gasteiger partial charge in [-0.3, -0.25) is 16.0 Å². The number of sulfonamides is 1. The topological polar surface area (TPSA) is 166 Å². The summed E-state index contributed by atoms with van der Waals surface area (Å²) >= 11 is 0. The minimum absolute atomic E-state index is 0.138. The molecule has 0 unspecified atom stereocenters. The van der Waals surface area contributed by atoms with Crippen molar-refractivity contribution >= 4 is 27.4 Å². The molecule has 1 heterocycles. The van der Waals surface area contributed by atoms with E-state index in [9.17, 15) is 18.5 Å². The molecule has 0 amide bonds. The van der Waals surface area contributed by atoms with Gasteiger partial charge in [-0.2, -0.15) is 0 Å². The Labute approximate surface area is 118 Å². The van der Waals surface area contributed by atoms with Crippen LogP contribution in [0.3, 0.4) is 0 Å². The molecular weight excluding hydrogens is 304 g/mol. The first-order valence-electron chi connectivity index (χ1n) is 5.42. The molecule has 112 valence electrons. The molecule has 0 atom stereocenters. The van der Waals surface area contributed by atoms with Crippen LogP contribution in [0.4, 0.5) is 17.4 Å². The van der Waals surface area contributed by atoms with Gasteiger partial charge in [-0.25, -0.2) is 13.1 Å². The van der Waals surface area contributed by atoms with Gasteiger partial charge < -0.3 is 9.84 Å². The minimum atomic E-state index is -4.29. The number of hydrogen-bond donors (Lipinski definition) is 3. The summed E-state index contributed by atoms with van der Waals surface area (Å²) in [4.78, 5) is 9.63. The van der Waals surface area contributed by atoms with Gasteiger partial charge in [-0.05, 0) is 12.1 Å². The Hall–Kier alpha value is -2.73. The van der Waals surface area contributed by atoms with Crippen LogP contribution in [0, 0.1) is 17.0 Å². The van der Waals surface area contributed by atoms with Crippen LogP contribution >= 0.6 is 0 Å². The van der Waals surface area contributed by atoms with Crippen LogP contribution in [-0.2, 0) is 10.0 Å². The van der Waals surface area contributed by atoms with E-state index in [-0.39, 0.29) is 11.6 Å². The fraction of sp³-hybridized carbons (Fsp3) is 0.111. The first-order valence-corrected chi connectivity index (χ1v) is 6.90. The van der Waals surface area contributed by atoms with Crippen LogP contribution in [-0.4, -0.2) is 23.5 Å². The molecule has 0 aliphatic carbocycles. The van der Waals surface area contributed by atoms with Crippen molar-refractivity contribution in [3.63, 3.8) is 0 Å². The SMILES string of the molecule is Cc1nnc(NS(=O)(=O)c2cccc(NN)c2[N+](=O)[O-])o1. The number of para-hydroxylation sites is 1. The lowest BCUT2D eigenvalue weighted by molar-refractivity contribution is -0.386. The van der Waals surface area contributed by atoms with Crippen molar-refractivity contribution in [3.05, 3.63) is 34.2 Å².